The monoisotopic (exact) mass is 227 g/mol. The Labute approximate surface area is 104 Å². The van der Waals surface area contributed by atoms with Crippen molar-refractivity contribution in [3.63, 3.8) is 0 Å². The third-order valence-electron chi connectivity index (χ3n) is 3.63. The highest BCUT2D eigenvalue weighted by Crippen LogP contribution is 2.30. The molecule has 1 aromatic rings. The van der Waals surface area contributed by atoms with Gasteiger partial charge in [-0.2, -0.15) is 0 Å². The third-order valence-corrected chi connectivity index (χ3v) is 3.63. The summed E-state index contributed by atoms with van der Waals surface area (Å²) >= 11 is 0. The summed E-state index contributed by atoms with van der Waals surface area (Å²) in [6.45, 7) is 9.40. The van der Waals surface area contributed by atoms with Crippen molar-refractivity contribution in [2.75, 3.05) is 13.6 Å². The van der Waals surface area contributed by atoms with Gasteiger partial charge in [-0.3, -0.25) is 4.90 Å². The van der Waals surface area contributed by atoms with Crippen molar-refractivity contribution < 1.29 is 0 Å². The minimum atomic E-state index is 0.409. The van der Waals surface area contributed by atoms with E-state index in [1.807, 2.05) is 0 Å². The van der Waals surface area contributed by atoms with Crippen LogP contribution in [-0.4, -0.2) is 18.5 Å². The molecular formula is C16H21N. The van der Waals surface area contributed by atoms with Crippen LogP contribution < -0.4 is 0 Å². The quantitative estimate of drug-likeness (QED) is 0.696. The van der Waals surface area contributed by atoms with Crippen molar-refractivity contribution in [3.05, 3.63) is 59.7 Å². The molecule has 0 bridgehead atoms. The summed E-state index contributed by atoms with van der Waals surface area (Å²) in [5.74, 6) is 0.500. The molecule has 0 amide bonds. The molecule has 17 heavy (non-hydrogen) atoms. The summed E-state index contributed by atoms with van der Waals surface area (Å²) in [5.41, 5.74) is 4.02. The molecule has 0 radical (unpaired) electrons. The molecule has 0 saturated carbocycles. The number of likely N-dealkylation sites (N-methyl/N-ethyl adjacent to an activating group) is 1. The minimum absolute atomic E-state index is 0.409. The van der Waals surface area contributed by atoms with Crippen molar-refractivity contribution >= 4 is 0 Å². The van der Waals surface area contributed by atoms with Gasteiger partial charge >= 0.3 is 0 Å². The number of hydrogen-bond donors (Lipinski definition) is 0. The van der Waals surface area contributed by atoms with E-state index in [4.69, 9.17) is 0 Å². The van der Waals surface area contributed by atoms with E-state index in [-0.39, 0.29) is 0 Å². The Morgan fingerprint density at radius 3 is 2.59 bits per heavy atom. The Morgan fingerprint density at radius 1 is 1.29 bits per heavy atom. The molecule has 1 aliphatic heterocycles. The van der Waals surface area contributed by atoms with Gasteiger partial charge < -0.3 is 0 Å². The highest BCUT2D eigenvalue weighted by molar-refractivity contribution is 5.33. The largest absolute Gasteiger partial charge is 0.295 e. The Balaban J connectivity index is 2.27. The molecule has 1 aliphatic rings. The predicted molar refractivity (Wildman–Crippen MR) is 74.0 cm³/mol. The van der Waals surface area contributed by atoms with Crippen LogP contribution in [0.3, 0.4) is 0 Å². The van der Waals surface area contributed by atoms with E-state index in [9.17, 15) is 0 Å². The second kappa shape index (κ2) is 4.89. The molecule has 0 aliphatic carbocycles. The second-order valence-electron chi connectivity index (χ2n) is 5.08. The lowest BCUT2D eigenvalue weighted by Crippen LogP contribution is -2.32. The van der Waals surface area contributed by atoms with E-state index in [2.05, 4.69) is 68.8 Å². The molecule has 0 N–H and O–H groups in total. The number of nitrogens with zero attached hydrogens (tertiary/aromatic N) is 1. The number of hydrogen-bond acceptors (Lipinski definition) is 1. The van der Waals surface area contributed by atoms with Gasteiger partial charge in [-0.25, -0.2) is 0 Å². The van der Waals surface area contributed by atoms with Crippen molar-refractivity contribution in [2.45, 2.75) is 19.9 Å². The Kier molecular flexibility index (Phi) is 3.49. The molecule has 90 valence electrons. The van der Waals surface area contributed by atoms with Crippen LogP contribution in [0.4, 0.5) is 0 Å². The lowest BCUT2D eigenvalue weighted by atomic mass is 9.91. The molecule has 1 aromatic carbocycles. The van der Waals surface area contributed by atoms with Crippen LogP contribution in [0.15, 0.2) is 48.6 Å². The first-order valence-corrected chi connectivity index (χ1v) is 6.19. The molecule has 2 atom stereocenters. The fourth-order valence-corrected chi connectivity index (χ4v) is 2.45. The maximum atomic E-state index is 4.05. The summed E-state index contributed by atoms with van der Waals surface area (Å²) in [4.78, 5) is 2.40. The van der Waals surface area contributed by atoms with Gasteiger partial charge in [0.05, 0.1) is 6.04 Å². The molecule has 0 spiro atoms. The van der Waals surface area contributed by atoms with Gasteiger partial charge in [0.25, 0.3) is 0 Å². The lowest BCUT2D eigenvalue weighted by molar-refractivity contribution is 0.253. The fourth-order valence-electron chi connectivity index (χ4n) is 2.45. The summed E-state index contributed by atoms with van der Waals surface area (Å²) < 4.78 is 0. The van der Waals surface area contributed by atoms with Crippen molar-refractivity contribution in [1.82, 2.24) is 4.90 Å². The number of benzene rings is 1. The van der Waals surface area contributed by atoms with Gasteiger partial charge in [-0.15, -0.1) is 0 Å². The van der Waals surface area contributed by atoms with Crippen molar-refractivity contribution in [1.29, 1.82) is 0 Å². The average Bonchev–Trinajstić information content (AvgIpc) is 2.30. The molecule has 1 heteroatoms. The Morgan fingerprint density at radius 2 is 2.00 bits per heavy atom. The van der Waals surface area contributed by atoms with E-state index < -0.39 is 0 Å². The SMILES string of the molecule is C=C(C)C1C=CC(c2ccccc2C)N(C)C1. The summed E-state index contributed by atoms with van der Waals surface area (Å²) in [6, 6.07) is 9.03. The Hall–Kier alpha value is -1.34. The summed E-state index contributed by atoms with van der Waals surface area (Å²) in [5, 5.41) is 0. The number of aryl methyl sites for hydroxylation is 1. The second-order valence-corrected chi connectivity index (χ2v) is 5.08. The average molecular weight is 227 g/mol. The molecule has 1 nitrogen and oxygen atoms in total. The van der Waals surface area contributed by atoms with E-state index in [0.29, 0.717) is 12.0 Å². The normalized spacial score (nSPS) is 24.9. The summed E-state index contributed by atoms with van der Waals surface area (Å²) in [7, 11) is 2.19. The van der Waals surface area contributed by atoms with Gasteiger partial charge in [0.1, 0.15) is 0 Å². The Bertz CT molecular complexity index is 445. The van der Waals surface area contributed by atoms with Gasteiger partial charge in [-0.05, 0) is 32.0 Å². The first kappa shape index (κ1) is 12.1. The fraction of sp³-hybridized carbons (Fsp3) is 0.375. The molecule has 2 unspecified atom stereocenters. The van der Waals surface area contributed by atoms with Crippen LogP contribution in [0.2, 0.25) is 0 Å². The molecule has 0 fully saturated rings. The zero-order valence-corrected chi connectivity index (χ0v) is 11.0. The standard InChI is InChI=1S/C16H21N/c1-12(2)14-9-10-16(17(4)11-14)15-8-6-5-7-13(15)3/h5-10,14,16H,1,11H2,2-4H3. The lowest BCUT2D eigenvalue weighted by Gasteiger charge is -2.34. The third kappa shape index (κ3) is 2.50. The highest BCUT2D eigenvalue weighted by Gasteiger charge is 2.22. The van der Waals surface area contributed by atoms with Gasteiger partial charge in [0.2, 0.25) is 0 Å². The number of rotatable bonds is 2. The van der Waals surface area contributed by atoms with Crippen LogP contribution in [-0.2, 0) is 0 Å². The topological polar surface area (TPSA) is 3.24 Å². The van der Waals surface area contributed by atoms with E-state index in [0.717, 1.165) is 6.54 Å². The van der Waals surface area contributed by atoms with Crippen LogP contribution in [0.25, 0.3) is 0 Å². The van der Waals surface area contributed by atoms with Gasteiger partial charge in [0.15, 0.2) is 0 Å². The molecule has 2 rings (SSSR count). The van der Waals surface area contributed by atoms with Gasteiger partial charge in [-0.1, -0.05) is 48.6 Å². The van der Waals surface area contributed by atoms with Crippen molar-refractivity contribution in [3.8, 4) is 0 Å². The van der Waals surface area contributed by atoms with Crippen LogP contribution >= 0.6 is 0 Å². The predicted octanol–water partition coefficient (Wildman–Crippen LogP) is 3.73. The van der Waals surface area contributed by atoms with Gasteiger partial charge in [0, 0.05) is 12.5 Å². The smallest absolute Gasteiger partial charge is 0.0532 e. The maximum Gasteiger partial charge on any atom is 0.0532 e. The van der Waals surface area contributed by atoms with Crippen LogP contribution in [0.5, 0.6) is 0 Å². The first-order valence-electron chi connectivity index (χ1n) is 6.19. The molecule has 0 aromatic heterocycles. The van der Waals surface area contributed by atoms with E-state index in [1.54, 1.807) is 0 Å². The molecule has 1 heterocycles. The van der Waals surface area contributed by atoms with Crippen molar-refractivity contribution in [2.24, 2.45) is 5.92 Å². The first-order chi connectivity index (χ1) is 8.09. The zero-order valence-electron chi connectivity index (χ0n) is 11.0. The zero-order chi connectivity index (χ0) is 12.4. The highest BCUT2D eigenvalue weighted by atomic mass is 15.1. The maximum absolute atomic E-state index is 4.05. The van der Waals surface area contributed by atoms with E-state index >= 15 is 0 Å². The molecule has 0 saturated heterocycles. The van der Waals surface area contributed by atoms with E-state index in [1.165, 1.54) is 16.7 Å². The minimum Gasteiger partial charge on any atom is -0.295 e. The molecular weight excluding hydrogens is 206 g/mol. The summed E-state index contributed by atoms with van der Waals surface area (Å²) in [6.07, 6.45) is 4.62. The van der Waals surface area contributed by atoms with Crippen LogP contribution in [0, 0.1) is 12.8 Å². The van der Waals surface area contributed by atoms with Crippen LogP contribution in [0.1, 0.15) is 24.1 Å².